The number of nitrogens with zero attached hydrogens (tertiary/aromatic N) is 2. The van der Waals surface area contributed by atoms with Crippen LogP contribution in [-0.2, 0) is 9.84 Å². The van der Waals surface area contributed by atoms with E-state index in [2.05, 4.69) is 24.0 Å². The molecule has 0 spiro atoms. The highest BCUT2D eigenvalue weighted by Gasteiger charge is 2.49. The van der Waals surface area contributed by atoms with E-state index in [1.165, 1.54) is 6.26 Å². The molecule has 0 radical (unpaired) electrons. The fraction of sp³-hybridized carbons (Fsp3) is 0.818. The van der Waals surface area contributed by atoms with Crippen LogP contribution in [0, 0.1) is 5.41 Å². The van der Waals surface area contributed by atoms with Crippen molar-refractivity contribution in [3.63, 3.8) is 0 Å². The van der Waals surface area contributed by atoms with Crippen molar-refractivity contribution in [2.75, 3.05) is 12.0 Å². The highest BCUT2D eigenvalue weighted by atomic mass is 32.2. The highest BCUT2D eigenvalue weighted by Crippen LogP contribution is 2.57. The van der Waals surface area contributed by atoms with E-state index < -0.39 is 15.9 Å². The molecule has 0 saturated heterocycles. The largest absolute Gasteiger partial charge is 0.338 e. The van der Waals surface area contributed by atoms with Gasteiger partial charge in [-0.1, -0.05) is 19.0 Å². The van der Waals surface area contributed by atoms with Crippen molar-refractivity contribution in [3.05, 3.63) is 11.7 Å². The van der Waals surface area contributed by atoms with Crippen LogP contribution in [0.5, 0.6) is 0 Å². The van der Waals surface area contributed by atoms with E-state index in [4.69, 9.17) is 10.3 Å². The lowest BCUT2D eigenvalue weighted by molar-refractivity contribution is 0.347. The van der Waals surface area contributed by atoms with E-state index in [1.807, 2.05) is 0 Å². The molecule has 2 N–H and O–H groups in total. The predicted molar refractivity (Wildman–Crippen MR) is 66.7 cm³/mol. The molecule has 0 bridgehead atoms. The lowest BCUT2D eigenvalue weighted by Gasteiger charge is -2.04. The van der Waals surface area contributed by atoms with Crippen molar-refractivity contribution in [3.8, 4) is 0 Å². The quantitative estimate of drug-likeness (QED) is 0.859. The Morgan fingerprint density at radius 2 is 2.17 bits per heavy atom. The maximum Gasteiger partial charge on any atom is 0.243 e. The third-order valence-electron chi connectivity index (χ3n) is 3.40. The van der Waals surface area contributed by atoms with Crippen molar-refractivity contribution in [2.24, 2.45) is 11.1 Å². The van der Waals surface area contributed by atoms with Gasteiger partial charge in [-0.2, -0.15) is 4.98 Å². The molecule has 0 aliphatic heterocycles. The summed E-state index contributed by atoms with van der Waals surface area (Å²) in [5.74, 6) is 1.37. The van der Waals surface area contributed by atoms with E-state index in [1.54, 1.807) is 0 Å². The second kappa shape index (κ2) is 4.31. The van der Waals surface area contributed by atoms with E-state index >= 15 is 0 Å². The van der Waals surface area contributed by atoms with Crippen molar-refractivity contribution in [1.29, 1.82) is 0 Å². The fourth-order valence-corrected chi connectivity index (χ4v) is 2.59. The maximum absolute atomic E-state index is 11.1. The molecule has 1 saturated carbocycles. The third kappa shape index (κ3) is 3.08. The van der Waals surface area contributed by atoms with Gasteiger partial charge < -0.3 is 10.3 Å². The Balaban J connectivity index is 1.98. The Hall–Kier alpha value is -0.950. The molecule has 102 valence electrons. The topological polar surface area (TPSA) is 99.1 Å². The van der Waals surface area contributed by atoms with E-state index in [-0.39, 0.29) is 11.2 Å². The summed E-state index contributed by atoms with van der Waals surface area (Å²) in [5.41, 5.74) is 6.08. The zero-order valence-electron chi connectivity index (χ0n) is 10.9. The van der Waals surface area contributed by atoms with Gasteiger partial charge in [-0.3, -0.25) is 0 Å². The van der Waals surface area contributed by atoms with Gasteiger partial charge >= 0.3 is 0 Å². The summed E-state index contributed by atoms with van der Waals surface area (Å²) in [6.45, 7) is 4.30. The molecular weight excluding hydrogens is 254 g/mol. The minimum absolute atomic E-state index is 0.0286. The molecule has 7 heteroatoms. The molecule has 1 aliphatic carbocycles. The van der Waals surface area contributed by atoms with Crippen LogP contribution in [-0.4, -0.2) is 30.6 Å². The first-order valence-electron chi connectivity index (χ1n) is 5.96. The molecular formula is C11H19N3O3S. The SMILES string of the molecule is CC1(C)CC1c1noc(C(N)CCS(C)(=O)=O)n1. The molecule has 1 aliphatic rings. The second-order valence-corrected chi connectivity index (χ2v) is 8.02. The Morgan fingerprint density at radius 3 is 2.67 bits per heavy atom. The Bertz CT molecular complexity index is 535. The normalized spacial score (nSPS) is 23.9. The van der Waals surface area contributed by atoms with Gasteiger partial charge in [0.15, 0.2) is 5.82 Å². The number of nitrogens with two attached hydrogens (primary N) is 1. The molecule has 18 heavy (non-hydrogen) atoms. The predicted octanol–water partition coefficient (Wildman–Crippen LogP) is 1.02. The number of hydrogen-bond acceptors (Lipinski definition) is 6. The lowest BCUT2D eigenvalue weighted by atomic mass is 10.1. The van der Waals surface area contributed by atoms with Gasteiger partial charge in [-0.15, -0.1) is 0 Å². The molecule has 6 nitrogen and oxygen atoms in total. The van der Waals surface area contributed by atoms with Gasteiger partial charge in [0.1, 0.15) is 9.84 Å². The van der Waals surface area contributed by atoms with Crippen molar-refractivity contribution in [1.82, 2.24) is 10.1 Å². The van der Waals surface area contributed by atoms with Gasteiger partial charge in [-0.25, -0.2) is 8.42 Å². The first-order valence-corrected chi connectivity index (χ1v) is 8.02. The number of sulfone groups is 1. The molecule has 1 aromatic rings. The minimum Gasteiger partial charge on any atom is -0.338 e. The monoisotopic (exact) mass is 273 g/mol. The number of aromatic nitrogens is 2. The van der Waals surface area contributed by atoms with Crippen LogP contribution in [0.4, 0.5) is 0 Å². The van der Waals surface area contributed by atoms with E-state index in [0.29, 0.717) is 24.1 Å². The molecule has 0 aromatic carbocycles. The van der Waals surface area contributed by atoms with Crippen LogP contribution >= 0.6 is 0 Å². The summed E-state index contributed by atoms with van der Waals surface area (Å²) in [6.07, 6.45) is 2.53. The standard InChI is InChI=1S/C11H19N3O3S/c1-11(2)6-7(11)9-13-10(17-14-9)8(12)4-5-18(3,15)16/h7-8H,4-6,12H2,1-3H3. The molecule has 1 heterocycles. The average Bonchev–Trinajstić information content (AvgIpc) is 2.70. The zero-order chi connectivity index (χ0) is 13.6. The third-order valence-corrected chi connectivity index (χ3v) is 4.38. The molecule has 1 aromatic heterocycles. The van der Waals surface area contributed by atoms with Crippen LogP contribution in [0.2, 0.25) is 0 Å². The summed E-state index contributed by atoms with van der Waals surface area (Å²) < 4.78 is 27.2. The van der Waals surface area contributed by atoms with Gasteiger partial charge in [0.25, 0.3) is 0 Å². The van der Waals surface area contributed by atoms with Gasteiger partial charge in [0, 0.05) is 12.2 Å². The average molecular weight is 273 g/mol. The summed E-state index contributed by atoms with van der Waals surface area (Å²) in [4.78, 5) is 4.27. The van der Waals surface area contributed by atoms with Crippen molar-refractivity contribution >= 4 is 9.84 Å². The Morgan fingerprint density at radius 1 is 1.56 bits per heavy atom. The summed E-state index contributed by atoms with van der Waals surface area (Å²) in [5, 5.41) is 3.92. The van der Waals surface area contributed by atoms with E-state index in [0.717, 1.165) is 6.42 Å². The van der Waals surface area contributed by atoms with Crippen LogP contribution in [0.15, 0.2) is 4.52 Å². The molecule has 2 atom stereocenters. The highest BCUT2D eigenvalue weighted by molar-refractivity contribution is 7.90. The molecule has 2 unspecified atom stereocenters. The summed E-state index contributed by atoms with van der Waals surface area (Å²) >= 11 is 0. The van der Waals surface area contributed by atoms with Crippen molar-refractivity contribution in [2.45, 2.75) is 38.6 Å². The molecule has 1 fully saturated rings. The first kappa shape index (κ1) is 13.5. The summed E-state index contributed by atoms with van der Waals surface area (Å²) in [7, 11) is -3.01. The van der Waals surface area contributed by atoms with Gasteiger partial charge in [0.2, 0.25) is 5.89 Å². The fourth-order valence-electron chi connectivity index (χ4n) is 1.91. The van der Waals surface area contributed by atoms with Crippen LogP contribution in [0.1, 0.15) is 50.4 Å². The molecule has 2 rings (SSSR count). The number of rotatable bonds is 5. The van der Waals surface area contributed by atoms with Crippen molar-refractivity contribution < 1.29 is 12.9 Å². The maximum atomic E-state index is 11.1. The van der Waals surface area contributed by atoms with Crippen LogP contribution < -0.4 is 5.73 Å². The van der Waals surface area contributed by atoms with Crippen LogP contribution in [0.25, 0.3) is 0 Å². The number of hydrogen-bond donors (Lipinski definition) is 1. The van der Waals surface area contributed by atoms with E-state index in [9.17, 15) is 8.42 Å². The van der Waals surface area contributed by atoms with Gasteiger partial charge in [0.05, 0.1) is 11.8 Å². The van der Waals surface area contributed by atoms with Gasteiger partial charge in [-0.05, 0) is 18.3 Å². The molecule has 0 amide bonds. The second-order valence-electron chi connectivity index (χ2n) is 5.76. The Kier molecular flexibility index (Phi) is 3.23. The zero-order valence-corrected chi connectivity index (χ0v) is 11.7. The minimum atomic E-state index is -3.01. The first-order chi connectivity index (χ1) is 8.19. The lowest BCUT2D eigenvalue weighted by Crippen LogP contribution is -2.16. The van der Waals surface area contributed by atoms with Crippen LogP contribution in [0.3, 0.4) is 0 Å². The Labute approximate surface area is 107 Å². The summed E-state index contributed by atoms with van der Waals surface area (Å²) in [6, 6.07) is -0.511. The smallest absolute Gasteiger partial charge is 0.243 e.